The summed E-state index contributed by atoms with van der Waals surface area (Å²) >= 11 is 0. The minimum absolute atomic E-state index is 0.435. The van der Waals surface area contributed by atoms with E-state index < -0.39 is 0 Å². The van der Waals surface area contributed by atoms with Gasteiger partial charge in [0.1, 0.15) is 0 Å². The smallest absolute Gasteiger partial charge is 0.0112 e. The van der Waals surface area contributed by atoms with E-state index in [-0.39, 0.29) is 0 Å². The summed E-state index contributed by atoms with van der Waals surface area (Å²) in [6, 6.07) is 0. The quantitative estimate of drug-likeness (QED) is 0.672. The summed E-state index contributed by atoms with van der Waals surface area (Å²) in [4.78, 5) is 0. The second kappa shape index (κ2) is 8.38. The maximum atomic E-state index is 5.49. The molecule has 1 nitrogen and oxygen atoms in total. The molecule has 1 heteroatoms. The standard InChI is InChI=1S/C20H33N/c1-16(8-6-9-17(2)13-15-21)11-12-19-18(3)10-7-14-20(19,4)5/h6,8-9,11-13,18-19H,7,10,14-15,21H2,1-5H3/b9-6+,12-11+,16-8+,17-13+. The van der Waals surface area contributed by atoms with Crippen LogP contribution in [0.4, 0.5) is 0 Å². The van der Waals surface area contributed by atoms with Crippen molar-refractivity contribution in [2.75, 3.05) is 6.54 Å². The Bertz CT molecular complexity index is 435. The van der Waals surface area contributed by atoms with Crippen LogP contribution in [0.3, 0.4) is 0 Å². The summed E-state index contributed by atoms with van der Waals surface area (Å²) in [7, 11) is 0. The van der Waals surface area contributed by atoms with E-state index in [0.29, 0.717) is 17.9 Å². The molecule has 1 fully saturated rings. The third-order valence-corrected chi connectivity index (χ3v) is 4.72. The van der Waals surface area contributed by atoms with E-state index in [2.05, 4.69) is 65.0 Å². The molecule has 2 atom stereocenters. The van der Waals surface area contributed by atoms with Crippen molar-refractivity contribution < 1.29 is 0 Å². The molecule has 0 aromatic heterocycles. The van der Waals surface area contributed by atoms with Crippen LogP contribution in [0.2, 0.25) is 0 Å². The van der Waals surface area contributed by atoms with Crippen molar-refractivity contribution in [3.8, 4) is 0 Å². The van der Waals surface area contributed by atoms with Crippen LogP contribution in [0.15, 0.2) is 47.6 Å². The lowest BCUT2D eigenvalue weighted by molar-refractivity contribution is 0.123. The molecule has 0 amide bonds. The molecule has 1 aliphatic carbocycles. The highest BCUT2D eigenvalue weighted by Gasteiger charge is 2.34. The van der Waals surface area contributed by atoms with Gasteiger partial charge < -0.3 is 5.73 Å². The van der Waals surface area contributed by atoms with E-state index in [9.17, 15) is 0 Å². The Balaban J connectivity index is 2.68. The van der Waals surface area contributed by atoms with Gasteiger partial charge in [-0.3, -0.25) is 0 Å². The molecule has 1 saturated carbocycles. The number of hydrogen-bond acceptors (Lipinski definition) is 1. The number of hydrogen-bond donors (Lipinski definition) is 1. The molecule has 0 spiro atoms. The van der Waals surface area contributed by atoms with E-state index in [4.69, 9.17) is 5.73 Å². The van der Waals surface area contributed by atoms with Gasteiger partial charge in [0.25, 0.3) is 0 Å². The van der Waals surface area contributed by atoms with E-state index in [0.717, 1.165) is 5.92 Å². The maximum Gasteiger partial charge on any atom is 0.0112 e. The largest absolute Gasteiger partial charge is 0.327 e. The zero-order valence-electron chi connectivity index (χ0n) is 14.5. The van der Waals surface area contributed by atoms with Gasteiger partial charge in [-0.1, -0.05) is 81.2 Å². The highest BCUT2D eigenvalue weighted by Crippen LogP contribution is 2.44. The Labute approximate surface area is 131 Å². The lowest BCUT2D eigenvalue weighted by Crippen LogP contribution is -2.32. The Kier molecular flexibility index (Phi) is 7.17. The molecule has 1 rings (SSSR count). The topological polar surface area (TPSA) is 26.0 Å². The number of rotatable bonds is 5. The second-order valence-corrected chi connectivity index (χ2v) is 7.20. The van der Waals surface area contributed by atoms with Crippen LogP contribution in [0.1, 0.15) is 53.9 Å². The van der Waals surface area contributed by atoms with Crippen molar-refractivity contribution in [3.63, 3.8) is 0 Å². The van der Waals surface area contributed by atoms with Crippen LogP contribution in [-0.4, -0.2) is 6.54 Å². The molecule has 0 radical (unpaired) electrons. The lowest BCUT2D eigenvalue weighted by atomic mass is 9.64. The fraction of sp³-hybridized carbons (Fsp3) is 0.600. The van der Waals surface area contributed by atoms with Crippen LogP contribution >= 0.6 is 0 Å². The average Bonchev–Trinajstić information content (AvgIpc) is 2.37. The van der Waals surface area contributed by atoms with Crippen LogP contribution in [-0.2, 0) is 0 Å². The minimum Gasteiger partial charge on any atom is -0.327 e. The van der Waals surface area contributed by atoms with Crippen LogP contribution < -0.4 is 5.73 Å². The van der Waals surface area contributed by atoms with Crippen molar-refractivity contribution in [1.29, 1.82) is 0 Å². The monoisotopic (exact) mass is 287 g/mol. The highest BCUT2D eigenvalue weighted by atomic mass is 14.5. The van der Waals surface area contributed by atoms with E-state index in [1.165, 1.54) is 30.4 Å². The molecule has 1 aliphatic rings. The third kappa shape index (κ3) is 6.05. The molecule has 0 aliphatic heterocycles. The fourth-order valence-corrected chi connectivity index (χ4v) is 3.36. The summed E-state index contributed by atoms with van der Waals surface area (Å²) in [6.07, 6.45) is 17.2. The van der Waals surface area contributed by atoms with Crippen molar-refractivity contribution in [3.05, 3.63) is 47.6 Å². The summed E-state index contributed by atoms with van der Waals surface area (Å²) < 4.78 is 0. The fourth-order valence-electron chi connectivity index (χ4n) is 3.36. The van der Waals surface area contributed by atoms with Crippen molar-refractivity contribution in [2.24, 2.45) is 23.0 Å². The molecule has 0 saturated heterocycles. The third-order valence-electron chi connectivity index (χ3n) is 4.72. The first-order valence-electron chi connectivity index (χ1n) is 8.27. The van der Waals surface area contributed by atoms with E-state index >= 15 is 0 Å². The highest BCUT2D eigenvalue weighted by molar-refractivity contribution is 5.27. The minimum atomic E-state index is 0.435. The van der Waals surface area contributed by atoms with E-state index in [1.807, 2.05) is 6.08 Å². The number of nitrogens with two attached hydrogens (primary N) is 1. The van der Waals surface area contributed by atoms with Gasteiger partial charge in [-0.2, -0.15) is 0 Å². The van der Waals surface area contributed by atoms with E-state index in [1.54, 1.807) is 0 Å². The van der Waals surface area contributed by atoms with Gasteiger partial charge in [-0.05, 0) is 37.5 Å². The summed E-state index contributed by atoms with van der Waals surface area (Å²) in [5.74, 6) is 1.49. The Hall–Kier alpha value is -1.08. The van der Waals surface area contributed by atoms with Gasteiger partial charge in [0.15, 0.2) is 0 Å². The van der Waals surface area contributed by atoms with Gasteiger partial charge in [0, 0.05) is 6.54 Å². The summed E-state index contributed by atoms with van der Waals surface area (Å²) in [6.45, 7) is 12.1. The summed E-state index contributed by atoms with van der Waals surface area (Å²) in [5, 5.41) is 0. The molecular weight excluding hydrogens is 254 g/mol. The molecule has 2 N–H and O–H groups in total. The van der Waals surface area contributed by atoms with Gasteiger partial charge in [-0.15, -0.1) is 0 Å². The Morgan fingerprint density at radius 3 is 2.52 bits per heavy atom. The zero-order chi connectivity index (χ0) is 15.9. The predicted octanol–water partition coefficient (Wildman–Crippen LogP) is 5.41. The normalized spacial score (nSPS) is 27.7. The first-order valence-corrected chi connectivity index (χ1v) is 8.27. The molecule has 118 valence electrons. The van der Waals surface area contributed by atoms with Crippen LogP contribution in [0.25, 0.3) is 0 Å². The van der Waals surface area contributed by atoms with Crippen molar-refractivity contribution >= 4 is 0 Å². The Morgan fingerprint density at radius 2 is 1.90 bits per heavy atom. The first-order chi connectivity index (χ1) is 9.86. The zero-order valence-corrected chi connectivity index (χ0v) is 14.5. The van der Waals surface area contributed by atoms with Gasteiger partial charge in [0.2, 0.25) is 0 Å². The van der Waals surface area contributed by atoms with Crippen LogP contribution in [0, 0.1) is 17.3 Å². The molecule has 0 aromatic carbocycles. The van der Waals surface area contributed by atoms with Gasteiger partial charge >= 0.3 is 0 Å². The summed E-state index contributed by atoms with van der Waals surface area (Å²) in [5.41, 5.74) is 8.45. The average molecular weight is 287 g/mol. The molecule has 0 heterocycles. The Morgan fingerprint density at radius 1 is 1.19 bits per heavy atom. The first kappa shape index (κ1) is 18.0. The predicted molar refractivity (Wildman–Crippen MR) is 95.1 cm³/mol. The molecule has 0 aromatic rings. The molecule has 2 unspecified atom stereocenters. The molecule has 0 bridgehead atoms. The van der Waals surface area contributed by atoms with Crippen LogP contribution in [0.5, 0.6) is 0 Å². The van der Waals surface area contributed by atoms with Gasteiger partial charge in [-0.25, -0.2) is 0 Å². The lowest BCUT2D eigenvalue weighted by Gasteiger charge is -2.41. The van der Waals surface area contributed by atoms with Crippen molar-refractivity contribution in [2.45, 2.75) is 53.9 Å². The maximum absolute atomic E-state index is 5.49. The van der Waals surface area contributed by atoms with Crippen molar-refractivity contribution in [1.82, 2.24) is 0 Å². The SMILES string of the molecule is CC(/C=C/C1C(C)CCCC1(C)C)=C\C=C\C(C)=C\CN. The van der Waals surface area contributed by atoms with Gasteiger partial charge in [0.05, 0.1) is 0 Å². The second-order valence-electron chi connectivity index (χ2n) is 7.20. The molecule has 21 heavy (non-hydrogen) atoms. The number of allylic oxidation sites excluding steroid dienone is 7. The molecular formula is C20H33N.